The summed E-state index contributed by atoms with van der Waals surface area (Å²) >= 11 is 0. The van der Waals surface area contributed by atoms with Crippen LogP contribution >= 0.6 is 0 Å². The van der Waals surface area contributed by atoms with Gasteiger partial charge in [0.05, 0.1) is 5.41 Å². The fraction of sp³-hybridized carbons (Fsp3) is 0.297. The number of para-hydroxylation sites is 1. The van der Waals surface area contributed by atoms with Crippen LogP contribution in [0.25, 0.3) is 0 Å². The first-order chi connectivity index (χ1) is 20.5. The number of hydrogen-bond donors (Lipinski definition) is 2. The number of piperidine rings is 1. The minimum atomic E-state index is -1.22. The number of likely N-dealkylation sites (tertiary alicyclic amines) is 1. The van der Waals surface area contributed by atoms with Crippen molar-refractivity contribution in [2.75, 3.05) is 18.4 Å². The third kappa shape index (κ3) is 3.91. The SMILES string of the molecule is CC(C)c1cccc2c1NC(=O)C21NC(c2ccccc2)C(c2ccccc2)C12CN(Cc1ccccc1)CCC2=O. The van der Waals surface area contributed by atoms with Crippen LogP contribution in [-0.2, 0) is 21.7 Å². The van der Waals surface area contributed by atoms with Crippen molar-refractivity contribution in [2.24, 2.45) is 5.41 Å². The van der Waals surface area contributed by atoms with E-state index >= 15 is 0 Å². The van der Waals surface area contributed by atoms with E-state index in [0.29, 0.717) is 19.5 Å². The van der Waals surface area contributed by atoms with E-state index in [2.05, 4.69) is 90.0 Å². The molecule has 0 aliphatic carbocycles. The average molecular weight is 556 g/mol. The summed E-state index contributed by atoms with van der Waals surface area (Å²) in [5, 5.41) is 7.23. The molecule has 0 bridgehead atoms. The number of hydrogen-bond acceptors (Lipinski definition) is 4. The molecule has 2 fully saturated rings. The number of rotatable bonds is 5. The molecule has 1 amide bonds. The van der Waals surface area contributed by atoms with Gasteiger partial charge in [-0.3, -0.25) is 19.8 Å². The predicted octanol–water partition coefficient (Wildman–Crippen LogP) is 6.55. The van der Waals surface area contributed by atoms with Gasteiger partial charge >= 0.3 is 0 Å². The molecular formula is C37H37N3O2. The summed E-state index contributed by atoms with van der Waals surface area (Å²) in [6.07, 6.45) is 0.396. The Hall–Kier alpha value is -4.06. The van der Waals surface area contributed by atoms with Crippen LogP contribution in [0.2, 0.25) is 0 Å². The second-order valence-electron chi connectivity index (χ2n) is 12.4. The number of nitrogens with zero attached hydrogens (tertiary/aromatic N) is 1. The number of carbonyl (C=O) groups is 2. The van der Waals surface area contributed by atoms with Gasteiger partial charge in [-0.2, -0.15) is 0 Å². The zero-order valence-electron chi connectivity index (χ0n) is 24.2. The summed E-state index contributed by atoms with van der Waals surface area (Å²) in [4.78, 5) is 32.0. The monoisotopic (exact) mass is 555 g/mol. The summed E-state index contributed by atoms with van der Waals surface area (Å²) in [5.74, 6) is -0.00442. The molecule has 0 radical (unpaired) electrons. The van der Waals surface area contributed by atoms with Crippen LogP contribution in [0.15, 0.2) is 109 Å². The lowest BCUT2D eigenvalue weighted by atomic mass is 9.56. The van der Waals surface area contributed by atoms with Crippen LogP contribution in [0.5, 0.6) is 0 Å². The minimum absolute atomic E-state index is 0.125. The Balaban J connectivity index is 1.50. The number of ketones is 1. The second kappa shape index (κ2) is 10.3. The van der Waals surface area contributed by atoms with E-state index in [1.807, 2.05) is 48.5 Å². The summed E-state index contributed by atoms with van der Waals surface area (Å²) in [6.45, 7) is 6.18. The van der Waals surface area contributed by atoms with Crippen LogP contribution in [0.4, 0.5) is 5.69 Å². The Kier molecular flexibility index (Phi) is 6.60. The zero-order valence-corrected chi connectivity index (χ0v) is 24.2. The highest BCUT2D eigenvalue weighted by Gasteiger charge is 2.74. The van der Waals surface area contributed by atoms with Gasteiger partial charge in [0, 0.05) is 49.3 Å². The summed E-state index contributed by atoms with van der Waals surface area (Å²) in [5.41, 5.74) is 3.96. The minimum Gasteiger partial charge on any atom is -0.324 e. The van der Waals surface area contributed by atoms with Crippen LogP contribution < -0.4 is 10.6 Å². The molecule has 3 aliphatic heterocycles. The molecule has 4 atom stereocenters. The number of fused-ring (bicyclic) bond motifs is 3. The van der Waals surface area contributed by atoms with Crippen molar-refractivity contribution in [3.05, 3.63) is 137 Å². The van der Waals surface area contributed by atoms with Gasteiger partial charge in [-0.1, -0.05) is 123 Å². The van der Waals surface area contributed by atoms with Gasteiger partial charge in [0.2, 0.25) is 0 Å². The summed E-state index contributed by atoms with van der Waals surface area (Å²) in [7, 11) is 0. The van der Waals surface area contributed by atoms with E-state index in [0.717, 1.165) is 34.5 Å². The zero-order chi connectivity index (χ0) is 28.9. The molecular weight excluding hydrogens is 518 g/mol. The van der Waals surface area contributed by atoms with Crippen molar-refractivity contribution >= 4 is 17.4 Å². The first kappa shape index (κ1) is 26.8. The van der Waals surface area contributed by atoms with E-state index in [1.165, 1.54) is 5.56 Å². The molecule has 4 unspecified atom stereocenters. The molecule has 2 N–H and O–H groups in total. The fourth-order valence-corrected chi connectivity index (χ4v) is 8.03. The Labute approximate surface area is 248 Å². The molecule has 5 heteroatoms. The van der Waals surface area contributed by atoms with Crippen molar-refractivity contribution in [1.82, 2.24) is 10.2 Å². The molecule has 7 rings (SSSR count). The van der Waals surface area contributed by atoms with Gasteiger partial charge in [0.1, 0.15) is 11.3 Å². The van der Waals surface area contributed by atoms with Crippen molar-refractivity contribution in [3.8, 4) is 0 Å². The molecule has 212 valence electrons. The van der Waals surface area contributed by atoms with Crippen molar-refractivity contribution in [1.29, 1.82) is 0 Å². The number of carbonyl (C=O) groups excluding carboxylic acids is 2. The highest BCUT2D eigenvalue weighted by atomic mass is 16.2. The third-order valence-corrected chi connectivity index (χ3v) is 9.80. The molecule has 0 aromatic heterocycles. The Morgan fingerprint density at radius 3 is 2.12 bits per heavy atom. The molecule has 0 saturated carbocycles. The Morgan fingerprint density at radius 1 is 0.810 bits per heavy atom. The number of anilines is 1. The number of amides is 1. The second-order valence-corrected chi connectivity index (χ2v) is 12.4. The van der Waals surface area contributed by atoms with Crippen molar-refractivity contribution in [3.63, 3.8) is 0 Å². The molecule has 5 nitrogen and oxygen atoms in total. The van der Waals surface area contributed by atoms with E-state index in [9.17, 15) is 9.59 Å². The van der Waals surface area contributed by atoms with Gasteiger partial charge in [-0.15, -0.1) is 0 Å². The fourth-order valence-electron chi connectivity index (χ4n) is 8.03. The highest BCUT2D eigenvalue weighted by Crippen LogP contribution is 2.65. The number of Topliss-reactive ketones (excluding diaryl/α,β-unsaturated/α-hetero) is 1. The molecule has 4 aromatic carbocycles. The van der Waals surface area contributed by atoms with Gasteiger partial charge < -0.3 is 5.32 Å². The topological polar surface area (TPSA) is 61.4 Å². The normalized spacial score (nSPS) is 27.1. The molecule has 3 aliphatic rings. The lowest BCUT2D eigenvalue weighted by Gasteiger charge is -2.49. The quantitative estimate of drug-likeness (QED) is 0.293. The van der Waals surface area contributed by atoms with Crippen LogP contribution in [0.1, 0.15) is 66.0 Å². The van der Waals surface area contributed by atoms with E-state index < -0.39 is 11.0 Å². The largest absolute Gasteiger partial charge is 0.324 e. The lowest BCUT2D eigenvalue weighted by molar-refractivity contribution is -0.146. The first-order valence-electron chi connectivity index (χ1n) is 15.1. The Morgan fingerprint density at radius 2 is 1.45 bits per heavy atom. The maximum absolute atomic E-state index is 14.9. The van der Waals surface area contributed by atoms with Crippen LogP contribution in [0.3, 0.4) is 0 Å². The molecule has 2 saturated heterocycles. The smallest absolute Gasteiger partial charge is 0.250 e. The number of benzene rings is 4. The maximum Gasteiger partial charge on any atom is 0.250 e. The van der Waals surface area contributed by atoms with Gasteiger partial charge in [0.15, 0.2) is 0 Å². The number of nitrogens with one attached hydrogen (secondary N) is 2. The van der Waals surface area contributed by atoms with Crippen molar-refractivity contribution < 1.29 is 9.59 Å². The van der Waals surface area contributed by atoms with Gasteiger partial charge in [-0.25, -0.2) is 0 Å². The standard InChI is InChI=1S/C37H37N3O2/c1-25(2)29-19-12-20-30-34(29)38-35(42)37(30)36(24-40(22-21-31(36)41)23-26-13-6-3-7-14-26)32(27-15-8-4-9-16-27)33(39-37)28-17-10-5-11-18-28/h3-20,25,32-33,39H,21-24H2,1-2H3,(H,38,42). The first-order valence-corrected chi connectivity index (χ1v) is 15.1. The van der Waals surface area contributed by atoms with E-state index in [1.54, 1.807) is 0 Å². The highest BCUT2D eigenvalue weighted by molar-refractivity contribution is 6.12. The summed E-state index contributed by atoms with van der Waals surface area (Å²) in [6, 6.07) is 37.1. The van der Waals surface area contributed by atoms with Gasteiger partial charge in [0.25, 0.3) is 5.91 Å². The Bertz CT molecular complexity index is 1620. The maximum atomic E-state index is 14.9. The molecule has 42 heavy (non-hydrogen) atoms. The average Bonchev–Trinajstić information content (AvgIpc) is 3.48. The van der Waals surface area contributed by atoms with Crippen LogP contribution in [-0.4, -0.2) is 29.7 Å². The lowest BCUT2D eigenvalue weighted by Crippen LogP contribution is -2.64. The molecule has 4 aromatic rings. The molecule has 2 spiro atoms. The van der Waals surface area contributed by atoms with Gasteiger partial charge in [-0.05, 0) is 28.2 Å². The van der Waals surface area contributed by atoms with Crippen LogP contribution in [0, 0.1) is 5.41 Å². The summed E-state index contributed by atoms with van der Waals surface area (Å²) < 4.78 is 0. The van der Waals surface area contributed by atoms with E-state index in [4.69, 9.17) is 0 Å². The predicted molar refractivity (Wildman–Crippen MR) is 166 cm³/mol. The van der Waals surface area contributed by atoms with Crippen molar-refractivity contribution in [2.45, 2.75) is 50.2 Å². The van der Waals surface area contributed by atoms with E-state index in [-0.39, 0.29) is 29.6 Å². The third-order valence-electron chi connectivity index (χ3n) is 9.80. The molecule has 3 heterocycles.